The number of H-pyrrole nitrogens is 1. The van der Waals surface area contributed by atoms with Crippen LogP contribution in [-0.2, 0) is 6.54 Å². The van der Waals surface area contributed by atoms with Gasteiger partial charge in [0.1, 0.15) is 0 Å². The maximum atomic E-state index is 12.4. The number of likely N-dealkylation sites (N-methyl/N-ethyl adjacent to an activating group) is 3. The molecular weight excluding hydrogens is 382 g/mol. The van der Waals surface area contributed by atoms with E-state index in [0.717, 1.165) is 54.9 Å². The van der Waals surface area contributed by atoms with Crippen molar-refractivity contribution in [2.75, 3.05) is 53.9 Å². The highest BCUT2D eigenvalue weighted by Gasteiger charge is 2.19. The molecule has 0 radical (unpaired) electrons. The predicted octanol–water partition coefficient (Wildman–Crippen LogP) is 0.284. The zero-order valence-electron chi connectivity index (χ0n) is 18.4. The van der Waals surface area contributed by atoms with Gasteiger partial charge in [0.15, 0.2) is 11.5 Å². The molecular formula is C21H31N7O2. The largest absolute Gasteiger partial charge is 0.349 e. The maximum Gasteiger partial charge on any atom is 0.349 e. The minimum absolute atomic E-state index is 0.194. The summed E-state index contributed by atoms with van der Waals surface area (Å²) in [4.78, 5) is 39.6. The van der Waals surface area contributed by atoms with Gasteiger partial charge in [-0.15, -0.1) is 0 Å². The third kappa shape index (κ3) is 4.92. The number of nitrogens with one attached hydrogen (secondary N) is 2. The van der Waals surface area contributed by atoms with E-state index < -0.39 is 11.2 Å². The van der Waals surface area contributed by atoms with Crippen LogP contribution in [0.2, 0.25) is 0 Å². The molecule has 1 aromatic carbocycles. The van der Waals surface area contributed by atoms with Gasteiger partial charge < -0.3 is 19.7 Å². The van der Waals surface area contributed by atoms with Gasteiger partial charge in [0.05, 0.1) is 11.0 Å². The number of fused-ring (bicyclic) bond motifs is 2. The average molecular weight is 414 g/mol. The number of benzene rings is 1. The van der Waals surface area contributed by atoms with E-state index in [2.05, 4.69) is 50.2 Å². The number of hydrogen-bond donors (Lipinski definition) is 2. The maximum absolute atomic E-state index is 12.4. The molecule has 0 atom stereocenters. The molecule has 2 N–H and O–H groups in total. The Kier molecular flexibility index (Phi) is 6.96. The minimum Gasteiger partial charge on any atom is -0.321 e. The van der Waals surface area contributed by atoms with E-state index in [1.807, 2.05) is 31.5 Å². The quantitative estimate of drug-likeness (QED) is 0.486. The van der Waals surface area contributed by atoms with Gasteiger partial charge in [-0.2, -0.15) is 4.98 Å². The molecule has 2 heterocycles. The molecule has 0 aromatic heterocycles. The van der Waals surface area contributed by atoms with Crippen LogP contribution in [0.5, 0.6) is 0 Å². The summed E-state index contributed by atoms with van der Waals surface area (Å²) in [6.45, 7) is 9.26. The SMILES string of the molecule is CNCCN(C)CCN(C)CCn1c2nc(=O)[nH]c(=O)c-2nc2cc(C)c(C)cc21. The number of aromatic nitrogens is 4. The lowest BCUT2D eigenvalue weighted by molar-refractivity contribution is 0.252. The van der Waals surface area contributed by atoms with E-state index in [9.17, 15) is 9.59 Å². The molecule has 1 aromatic rings. The molecule has 0 fully saturated rings. The van der Waals surface area contributed by atoms with Gasteiger partial charge in [-0.25, -0.2) is 9.78 Å². The first kappa shape index (κ1) is 22.1. The topological polar surface area (TPSA) is 99.1 Å². The standard InChI is InChI=1S/C21H31N7O2/c1-14-12-16-17(13-15(14)2)28(19-18(23-16)20(29)25-21(30)24-19)11-10-27(5)9-8-26(4)7-6-22-3/h12-13,22H,6-11H2,1-5H3,(H,25,29,30). The Balaban J connectivity index is 1.90. The number of rotatable bonds is 9. The first-order valence-corrected chi connectivity index (χ1v) is 10.2. The summed E-state index contributed by atoms with van der Waals surface area (Å²) in [5, 5.41) is 3.16. The van der Waals surface area contributed by atoms with Crippen molar-refractivity contribution in [3.8, 4) is 11.5 Å². The van der Waals surface area contributed by atoms with E-state index >= 15 is 0 Å². The van der Waals surface area contributed by atoms with Crippen molar-refractivity contribution in [1.29, 1.82) is 0 Å². The number of nitrogens with zero attached hydrogens (tertiary/aromatic N) is 5. The molecule has 9 heteroatoms. The fraction of sp³-hybridized carbons (Fsp3) is 0.524. The van der Waals surface area contributed by atoms with Crippen molar-refractivity contribution < 1.29 is 0 Å². The Morgan fingerprint density at radius 1 is 1.00 bits per heavy atom. The summed E-state index contributed by atoms with van der Waals surface area (Å²) in [7, 11) is 6.14. The van der Waals surface area contributed by atoms with Crippen molar-refractivity contribution >= 4 is 11.0 Å². The first-order chi connectivity index (χ1) is 14.3. The van der Waals surface area contributed by atoms with E-state index in [-0.39, 0.29) is 5.69 Å². The molecule has 9 nitrogen and oxygen atoms in total. The van der Waals surface area contributed by atoms with Crippen molar-refractivity contribution in [3.63, 3.8) is 0 Å². The Morgan fingerprint density at radius 2 is 1.67 bits per heavy atom. The molecule has 2 aliphatic rings. The summed E-state index contributed by atoms with van der Waals surface area (Å²) >= 11 is 0. The highest BCUT2D eigenvalue weighted by Crippen LogP contribution is 2.23. The van der Waals surface area contributed by atoms with Gasteiger partial charge in [0, 0.05) is 39.3 Å². The summed E-state index contributed by atoms with van der Waals surface area (Å²) in [5.41, 5.74) is 2.88. The van der Waals surface area contributed by atoms with Crippen LogP contribution in [-0.4, -0.2) is 83.2 Å². The summed E-state index contributed by atoms with van der Waals surface area (Å²) < 4.78 is 1.95. The molecule has 30 heavy (non-hydrogen) atoms. The summed E-state index contributed by atoms with van der Waals surface area (Å²) in [6.07, 6.45) is 0. The summed E-state index contributed by atoms with van der Waals surface area (Å²) in [6, 6.07) is 4.03. The first-order valence-electron chi connectivity index (χ1n) is 10.2. The van der Waals surface area contributed by atoms with Crippen molar-refractivity contribution in [1.82, 2.24) is 34.6 Å². The van der Waals surface area contributed by atoms with Crippen LogP contribution in [0.4, 0.5) is 0 Å². The van der Waals surface area contributed by atoms with E-state index in [0.29, 0.717) is 12.4 Å². The van der Waals surface area contributed by atoms with Gasteiger partial charge in [0.25, 0.3) is 5.56 Å². The molecule has 0 amide bonds. The Bertz CT molecular complexity index is 1100. The summed E-state index contributed by atoms with van der Waals surface area (Å²) in [5.74, 6) is 0.332. The van der Waals surface area contributed by atoms with Crippen molar-refractivity contribution in [2.45, 2.75) is 20.4 Å². The zero-order valence-corrected chi connectivity index (χ0v) is 18.4. The molecule has 0 bridgehead atoms. The molecule has 0 saturated carbocycles. The fourth-order valence-corrected chi connectivity index (χ4v) is 3.41. The fourth-order valence-electron chi connectivity index (χ4n) is 3.41. The zero-order chi connectivity index (χ0) is 21.8. The van der Waals surface area contributed by atoms with Crippen LogP contribution in [0.15, 0.2) is 21.7 Å². The van der Waals surface area contributed by atoms with Gasteiger partial charge in [0.2, 0.25) is 0 Å². The van der Waals surface area contributed by atoms with Crippen LogP contribution < -0.4 is 16.6 Å². The van der Waals surface area contributed by atoms with E-state index in [1.54, 1.807) is 0 Å². The lowest BCUT2D eigenvalue weighted by atomic mass is 10.1. The van der Waals surface area contributed by atoms with E-state index in [1.165, 1.54) is 0 Å². The molecule has 0 spiro atoms. The van der Waals surface area contributed by atoms with Gasteiger partial charge in [-0.1, -0.05) is 0 Å². The van der Waals surface area contributed by atoms with Crippen molar-refractivity contribution in [2.24, 2.45) is 0 Å². The molecule has 2 aliphatic heterocycles. The van der Waals surface area contributed by atoms with Crippen LogP contribution in [0.25, 0.3) is 22.6 Å². The van der Waals surface area contributed by atoms with Crippen LogP contribution in [0.3, 0.4) is 0 Å². The Hall–Kier alpha value is -2.62. The van der Waals surface area contributed by atoms with Crippen LogP contribution in [0, 0.1) is 13.8 Å². The molecule has 3 rings (SSSR count). The van der Waals surface area contributed by atoms with Crippen LogP contribution in [0.1, 0.15) is 11.1 Å². The van der Waals surface area contributed by atoms with E-state index in [4.69, 9.17) is 0 Å². The number of aromatic amines is 1. The Morgan fingerprint density at radius 3 is 2.37 bits per heavy atom. The van der Waals surface area contributed by atoms with Crippen molar-refractivity contribution in [3.05, 3.63) is 44.1 Å². The van der Waals surface area contributed by atoms with Gasteiger partial charge in [-0.3, -0.25) is 9.78 Å². The second kappa shape index (κ2) is 9.46. The lowest BCUT2D eigenvalue weighted by Crippen LogP contribution is -2.36. The molecule has 0 saturated heterocycles. The average Bonchev–Trinajstić information content (AvgIpc) is 2.70. The Labute approximate surface area is 176 Å². The number of aryl methyl sites for hydroxylation is 2. The highest BCUT2D eigenvalue weighted by molar-refractivity contribution is 5.81. The van der Waals surface area contributed by atoms with Gasteiger partial charge >= 0.3 is 5.69 Å². The smallest absolute Gasteiger partial charge is 0.321 e. The second-order valence-electron chi connectivity index (χ2n) is 7.94. The van der Waals surface area contributed by atoms with Crippen LogP contribution >= 0.6 is 0 Å². The highest BCUT2D eigenvalue weighted by atomic mass is 16.2. The predicted molar refractivity (Wildman–Crippen MR) is 119 cm³/mol. The third-order valence-electron chi connectivity index (χ3n) is 5.54. The third-order valence-corrected chi connectivity index (χ3v) is 5.54. The molecule has 162 valence electrons. The van der Waals surface area contributed by atoms with Gasteiger partial charge in [-0.05, 0) is 58.3 Å². The normalized spacial score (nSPS) is 12.0. The minimum atomic E-state index is -0.647. The monoisotopic (exact) mass is 413 g/mol. The second-order valence-corrected chi connectivity index (χ2v) is 7.94. The molecule has 0 aliphatic carbocycles. The lowest BCUT2D eigenvalue weighted by Gasteiger charge is -2.24. The number of hydrogen-bond acceptors (Lipinski definition) is 7. The molecule has 0 unspecified atom stereocenters.